The van der Waals surface area contributed by atoms with Crippen molar-refractivity contribution >= 4 is 34.1 Å². The highest BCUT2D eigenvalue weighted by Crippen LogP contribution is 2.37. The van der Waals surface area contributed by atoms with Crippen molar-refractivity contribution < 1.29 is 14.2 Å². The maximum absolute atomic E-state index is 6.53. The van der Waals surface area contributed by atoms with Gasteiger partial charge in [0.2, 0.25) is 5.88 Å². The average Bonchev–Trinajstić information content (AvgIpc) is 3.48. The van der Waals surface area contributed by atoms with Crippen LogP contribution in [-0.2, 0) is 5.41 Å². The number of hydrogen-bond acceptors (Lipinski definition) is 5. The smallest absolute Gasteiger partial charge is 0.260 e. The van der Waals surface area contributed by atoms with Crippen molar-refractivity contribution in [2.45, 2.75) is 26.2 Å². The van der Waals surface area contributed by atoms with Crippen molar-refractivity contribution in [2.24, 2.45) is 0 Å². The summed E-state index contributed by atoms with van der Waals surface area (Å²) >= 11 is 0. The van der Waals surface area contributed by atoms with Gasteiger partial charge >= 0.3 is 0 Å². The Hall–Kier alpha value is -5.82. The molecule has 0 saturated heterocycles. The first-order valence-electron chi connectivity index (χ1n) is 15.8. The molecule has 2 aliphatic rings. The molecule has 7 aromatic rings. The van der Waals surface area contributed by atoms with Gasteiger partial charge in [-0.2, -0.15) is 0 Å². The molecule has 9 rings (SSSR count). The van der Waals surface area contributed by atoms with E-state index in [9.17, 15) is 0 Å². The lowest BCUT2D eigenvalue weighted by Crippen LogP contribution is -2.57. The maximum atomic E-state index is 6.53. The van der Waals surface area contributed by atoms with Crippen molar-refractivity contribution in [1.29, 1.82) is 0 Å². The molecule has 4 heterocycles. The third kappa shape index (κ3) is 4.57. The Bertz CT molecular complexity index is 2330. The molecule has 47 heavy (non-hydrogen) atoms. The number of para-hydroxylation sites is 3. The monoisotopic (exact) mass is 611 g/mol. The van der Waals surface area contributed by atoms with Crippen molar-refractivity contribution in [3.8, 4) is 51.7 Å². The second-order valence-corrected chi connectivity index (χ2v) is 13.1. The third-order valence-corrected chi connectivity index (χ3v) is 9.02. The van der Waals surface area contributed by atoms with E-state index in [0.29, 0.717) is 11.6 Å². The van der Waals surface area contributed by atoms with Crippen LogP contribution in [0.3, 0.4) is 0 Å². The molecule has 7 heteroatoms. The number of ether oxygens (including phenoxy) is 3. The van der Waals surface area contributed by atoms with Gasteiger partial charge in [-0.05, 0) is 94.7 Å². The number of hydrogen-bond donors (Lipinski definition) is 0. The van der Waals surface area contributed by atoms with Crippen LogP contribution in [0.4, 0.5) is 0 Å². The number of pyridine rings is 1. The first kappa shape index (κ1) is 27.5. The minimum absolute atomic E-state index is 0.0184. The molecule has 226 valence electrons. The zero-order valence-electron chi connectivity index (χ0n) is 26.3. The average molecular weight is 612 g/mol. The lowest BCUT2D eigenvalue weighted by molar-refractivity contribution is 0.452. The Balaban J connectivity index is 1.19. The van der Waals surface area contributed by atoms with Gasteiger partial charge in [0.1, 0.15) is 34.6 Å². The number of nitrogens with zero attached hydrogens (tertiary/aromatic N) is 3. The van der Waals surface area contributed by atoms with Crippen molar-refractivity contribution in [3.63, 3.8) is 0 Å². The van der Waals surface area contributed by atoms with E-state index in [-0.39, 0.29) is 12.1 Å². The number of rotatable bonds is 4. The summed E-state index contributed by atoms with van der Waals surface area (Å²) in [4.78, 5) is 9.65. The SMILES string of the molecule is CC(C)(C)c1ccnc(Oc2ccc3c(c2)B2c4cc(-c5nc6ccccc6n5-c5ccccc5)ccc4Oc4cccc(c42)O3)c1. The first-order chi connectivity index (χ1) is 22.9. The zero-order valence-corrected chi connectivity index (χ0v) is 26.3. The zero-order chi connectivity index (χ0) is 31.7. The number of aromatic nitrogens is 3. The Labute approximate surface area is 273 Å². The predicted octanol–water partition coefficient (Wildman–Crippen LogP) is 7.90. The van der Waals surface area contributed by atoms with E-state index in [0.717, 1.165) is 73.1 Å². The van der Waals surface area contributed by atoms with Crippen LogP contribution in [0.25, 0.3) is 28.1 Å². The van der Waals surface area contributed by atoms with Gasteiger partial charge in [-0.3, -0.25) is 4.57 Å². The van der Waals surface area contributed by atoms with Crippen LogP contribution in [0, 0.1) is 0 Å². The van der Waals surface area contributed by atoms with Gasteiger partial charge in [-0.25, -0.2) is 9.97 Å². The van der Waals surface area contributed by atoms with Gasteiger partial charge in [0.05, 0.1) is 11.0 Å². The molecule has 2 aromatic heterocycles. The molecule has 0 saturated carbocycles. The summed E-state index contributed by atoms with van der Waals surface area (Å²) in [5.74, 6) is 5.31. The molecular weight excluding hydrogens is 581 g/mol. The molecule has 0 radical (unpaired) electrons. The lowest BCUT2D eigenvalue weighted by Gasteiger charge is -2.33. The lowest BCUT2D eigenvalue weighted by atomic mass is 9.34. The molecule has 0 fully saturated rings. The fraction of sp³-hybridized carbons (Fsp3) is 0.100. The Morgan fingerprint density at radius 1 is 0.681 bits per heavy atom. The molecule has 0 N–H and O–H groups in total. The molecule has 0 atom stereocenters. The predicted molar refractivity (Wildman–Crippen MR) is 187 cm³/mol. The van der Waals surface area contributed by atoms with Gasteiger partial charge in [-0.1, -0.05) is 63.2 Å². The normalized spacial score (nSPS) is 12.9. The van der Waals surface area contributed by atoms with Gasteiger partial charge in [0.15, 0.2) is 0 Å². The topological polar surface area (TPSA) is 58.4 Å². The summed E-state index contributed by atoms with van der Waals surface area (Å²) in [6.45, 7) is 6.41. The minimum atomic E-state index is -0.138. The Morgan fingerprint density at radius 3 is 2.19 bits per heavy atom. The molecule has 0 bridgehead atoms. The van der Waals surface area contributed by atoms with Gasteiger partial charge in [-0.15, -0.1) is 0 Å². The van der Waals surface area contributed by atoms with Crippen LogP contribution in [0.15, 0.2) is 128 Å². The van der Waals surface area contributed by atoms with E-state index < -0.39 is 0 Å². The van der Waals surface area contributed by atoms with Gasteiger partial charge in [0.25, 0.3) is 6.71 Å². The molecule has 0 unspecified atom stereocenters. The van der Waals surface area contributed by atoms with Gasteiger partial charge in [0, 0.05) is 29.0 Å². The first-order valence-corrected chi connectivity index (χ1v) is 15.8. The summed E-state index contributed by atoms with van der Waals surface area (Å²) in [5.41, 5.74) is 8.25. The van der Waals surface area contributed by atoms with E-state index in [2.05, 4.69) is 97.1 Å². The molecule has 0 aliphatic carbocycles. The van der Waals surface area contributed by atoms with Crippen LogP contribution in [0.2, 0.25) is 0 Å². The van der Waals surface area contributed by atoms with E-state index in [1.165, 1.54) is 0 Å². The fourth-order valence-corrected chi connectivity index (χ4v) is 6.73. The number of benzene rings is 5. The second-order valence-electron chi connectivity index (χ2n) is 13.1. The van der Waals surface area contributed by atoms with Gasteiger partial charge < -0.3 is 14.2 Å². The molecule has 6 nitrogen and oxygen atoms in total. The summed E-state index contributed by atoms with van der Waals surface area (Å²) < 4.78 is 21.6. The highest BCUT2D eigenvalue weighted by molar-refractivity contribution is 6.98. The third-order valence-electron chi connectivity index (χ3n) is 9.02. The highest BCUT2D eigenvalue weighted by atomic mass is 16.5. The maximum Gasteiger partial charge on any atom is 0.260 e. The number of fused-ring (bicyclic) bond motifs is 5. The standard InChI is InChI=1S/C40H30BN3O3/c1-40(2,3)26-20-21-42-37(23-26)45-28-17-19-34-30(24-28)41-29-22-25(16-18-33(29)46-35-14-9-15-36(47-34)38(35)41)39-43-31-12-7-8-13-32(31)44(39)27-10-5-4-6-11-27/h4-24H,1-3H3. The summed E-state index contributed by atoms with van der Waals surface area (Å²) in [7, 11) is 0. The van der Waals surface area contributed by atoms with Crippen LogP contribution in [-0.4, -0.2) is 21.2 Å². The summed E-state index contributed by atoms with van der Waals surface area (Å²) in [5, 5.41) is 0. The summed E-state index contributed by atoms with van der Waals surface area (Å²) in [6, 6.07) is 41.1. The molecule has 0 spiro atoms. The van der Waals surface area contributed by atoms with Crippen LogP contribution in [0.5, 0.6) is 34.6 Å². The molecule has 2 aliphatic heterocycles. The highest BCUT2D eigenvalue weighted by Gasteiger charge is 2.40. The van der Waals surface area contributed by atoms with Crippen LogP contribution >= 0.6 is 0 Å². The van der Waals surface area contributed by atoms with Crippen molar-refractivity contribution in [2.75, 3.05) is 0 Å². The number of imidazole rings is 1. The minimum Gasteiger partial charge on any atom is -0.458 e. The second kappa shape index (κ2) is 10.4. The quantitative estimate of drug-likeness (QED) is 0.190. The molecule has 5 aromatic carbocycles. The molecule has 0 amide bonds. The largest absolute Gasteiger partial charge is 0.458 e. The fourth-order valence-electron chi connectivity index (χ4n) is 6.73. The van der Waals surface area contributed by atoms with E-state index in [1.54, 1.807) is 6.20 Å². The van der Waals surface area contributed by atoms with E-state index in [4.69, 9.17) is 19.2 Å². The van der Waals surface area contributed by atoms with E-state index in [1.807, 2.05) is 54.6 Å². The summed E-state index contributed by atoms with van der Waals surface area (Å²) in [6.07, 6.45) is 1.80. The van der Waals surface area contributed by atoms with Crippen LogP contribution in [0.1, 0.15) is 26.3 Å². The van der Waals surface area contributed by atoms with Crippen molar-refractivity contribution in [1.82, 2.24) is 14.5 Å². The van der Waals surface area contributed by atoms with Crippen LogP contribution < -0.4 is 30.6 Å². The Kier molecular flexibility index (Phi) is 6.06. The van der Waals surface area contributed by atoms with E-state index >= 15 is 0 Å². The molecular formula is C40H30BN3O3. The van der Waals surface area contributed by atoms with Crippen molar-refractivity contribution in [3.05, 3.63) is 133 Å². The Morgan fingerprint density at radius 2 is 1.40 bits per heavy atom.